The van der Waals surface area contributed by atoms with Gasteiger partial charge in [0.1, 0.15) is 11.9 Å². The van der Waals surface area contributed by atoms with Gasteiger partial charge in [0, 0.05) is 18.3 Å². The van der Waals surface area contributed by atoms with Crippen LogP contribution in [0.5, 0.6) is 0 Å². The van der Waals surface area contributed by atoms with Crippen LogP contribution in [-0.2, 0) is 21.9 Å². The SMILES string of the molecule is Cc1ccccc1CSCC(=O)N(Cc1ccc(F)cc1)C(C)C(=O)NC1CCCCC1. The molecule has 1 fully saturated rings. The van der Waals surface area contributed by atoms with Crippen molar-refractivity contribution in [2.45, 2.75) is 70.3 Å². The van der Waals surface area contributed by atoms with Crippen molar-refractivity contribution in [2.24, 2.45) is 0 Å². The van der Waals surface area contributed by atoms with Crippen LogP contribution in [0.25, 0.3) is 0 Å². The van der Waals surface area contributed by atoms with Crippen LogP contribution in [0.4, 0.5) is 4.39 Å². The molecule has 172 valence electrons. The van der Waals surface area contributed by atoms with Crippen LogP contribution in [0, 0.1) is 12.7 Å². The summed E-state index contributed by atoms with van der Waals surface area (Å²) in [6.07, 6.45) is 5.47. The standard InChI is InChI=1S/C26H33FN2O2S/c1-19-8-6-7-9-22(19)17-32-18-25(30)29(16-21-12-14-23(27)15-13-21)20(2)26(31)28-24-10-4-3-5-11-24/h6-9,12-15,20,24H,3-5,10-11,16-18H2,1-2H3,(H,28,31). The molecule has 3 rings (SSSR count). The predicted octanol–water partition coefficient (Wildman–Crippen LogP) is 5.23. The average molecular weight is 457 g/mol. The van der Waals surface area contributed by atoms with Crippen LogP contribution in [-0.4, -0.2) is 34.6 Å². The molecule has 1 N–H and O–H groups in total. The van der Waals surface area contributed by atoms with E-state index in [0.29, 0.717) is 0 Å². The van der Waals surface area contributed by atoms with Crippen LogP contribution in [0.3, 0.4) is 0 Å². The Bertz CT molecular complexity index is 897. The number of carbonyl (C=O) groups excluding carboxylic acids is 2. The number of rotatable bonds is 9. The molecule has 1 atom stereocenters. The topological polar surface area (TPSA) is 49.4 Å². The van der Waals surface area contributed by atoms with Crippen molar-refractivity contribution in [2.75, 3.05) is 5.75 Å². The lowest BCUT2D eigenvalue weighted by Gasteiger charge is -2.31. The maximum absolute atomic E-state index is 13.3. The molecular formula is C26H33FN2O2S. The number of nitrogens with one attached hydrogen (secondary N) is 1. The molecule has 0 spiro atoms. The van der Waals surface area contributed by atoms with E-state index < -0.39 is 6.04 Å². The summed E-state index contributed by atoms with van der Waals surface area (Å²) in [5, 5.41) is 3.14. The number of carbonyl (C=O) groups is 2. The Kier molecular flexibility index (Phi) is 9.15. The highest BCUT2D eigenvalue weighted by atomic mass is 32.2. The highest BCUT2D eigenvalue weighted by Gasteiger charge is 2.28. The molecule has 1 unspecified atom stereocenters. The van der Waals surface area contributed by atoms with Crippen molar-refractivity contribution in [1.82, 2.24) is 10.2 Å². The Morgan fingerprint density at radius 2 is 1.78 bits per heavy atom. The molecule has 0 aromatic heterocycles. The molecule has 1 aliphatic carbocycles. The van der Waals surface area contributed by atoms with Gasteiger partial charge in [-0.3, -0.25) is 9.59 Å². The van der Waals surface area contributed by atoms with E-state index in [1.165, 1.54) is 29.7 Å². The van der Waals surface area contributed by atoms with Gasteiger partial charge in [-0.1, -0.05) is 55.7 Å². The van der Waals surface area contributed by atoms with Gasteiger partial charge in [0.15, 0.2) is 0 Å². The van der Waals surface area contributed by atoms with Crippen molar-refractivity contribution in [3.63, 3.8) is 0 Å². The quantitative estimate of drug-likeness (QED) is 0.562. The van der Waals surface area contributed by atoms with Gasteiger partial charge in [0.25, 0.3) is 0 Å². The first-order chi connectivity index (χ1) is 15.4. The lowest BCUT2D eigenvalue weighted by Crippen LogP contribution is -2.50. The van der Waals surface area contributed by atoms with Crippen LogP contribution in [0.1, 0.15) is 55.7 Å². The number of hydrogen-bond donors (Lipinski definition) is 1. The lowest BCUT2D eigenvalue weighted by atomic mass is 9.95. The van der Waals surface area contributed by atoms with Gasteiger partial charge in [-0.05, 0) is 55.5 Å². The Labute approximate surface area is 195 Å². The molecule has 1 saturated carbocycles. The lowest BCUT2D eigenvalue weighted by molar-refractivity contribution is -0.139. The number of amides is 2. The van der Waals surface area contributed by atoms with Gasteiger partial charge in [0.05, 0.1) is 5.75 Å². The zero-order chi connectivity index (χ0) is 22.9. The summed E-state index contributed by atoms with van der Waals surface area (Å²) < 4.78 is 13.3. The van der Waals surface area contributed by atoms with Crippen LogP contribution in [0.15, 0.2) is 48.5 Å². The number of halogens is 1. The second-order valence-corrected chi connectivity index (χ2v) is 9.57. The van der Waals surface area contributed by atoms with Crippen molar-refractivity contribution in [1.29, 1.82) is 0 Å². The van der Waals surface area contributed by atoms with Crippen LogP contribution >= 0.6 is 11.8 Å². The average Bonchev–Trinajstić information content (AvgIpc) is 2.80. The zero-order valence-electron chi connectivity index (χ0n) is 19.0. The van der Waals surface area contributed by atoms with E-state index in [-0.39, 0.29) is 36.0 Å². The summed E-state index contributed by atoms with van der Waals surface area (Å²) in [4.78, 5) is 27.8. The predicted molar refractivity (Wildman–Crippen MR) is 129 cm³/mol. The number of aryl methyl sites for hydroxylation is 1. The number of benzene rings is 2. The van der Waals surface area contributed by atoms with Gasteiger partial charge in [-0.2, -0.15) is 0 Å². The fraction of sp³-hybridized carbons (Fsp3) is 0.462. The van der Waals surface area contributed by atoms with Crippen molar-refractivity contribution < 1.29 is 14.0 Å². The Morgan fingerprint density at radius 1 is 1.09 bits per heavy atom. The van der Waals surface area contributed by atoms with Gasteiger partial charge < -0.3 is 10.2 Å². The van der Waals surface area contributed by atoms with Crippen LogP contribution < -0.4 is 5.32 Å². The zero-order valence-corrected chi connectivity index (χ0v) is 19.8. The second-order valence-electron chi connectivity index (χ2n) is 8.59. The van der Waals surface area contributed by atoms with E-state index in [2.05, 4.69) is 24.4 Å². The minimum atomic E-state index is -0.589. The third kappa shape index (κ3) is 7.09. The molecule has 2 amide bonds. The molecule has 2 aromatic rings. The maximum atomic E-state index is 13.3. The molecular weight excluding hydrogens is 423 g/mol. The summed E-state index contributed by atoms with van der Waals surface area (Å²) in [5.41, 5.74) is 3.22. The van der Waals surface area contributed by atoms with E-state index in [9.17, 15) is 14.0 Å². The summed E-state index contributed by atoms with van der Waals surface area (Å²) in [6, 6.07) is 13.9. The molecule has 1 aliphatic rings. The number of thioether (sulfide) groups is 1. The van der Waals surface area contributed by atoms with E-state index in [0.717, 1.165) is 37.0 Å². The second kappa shape index (κ2) is 12.0. The molecule has 2 aromatic carbocycles. The van der Waals surface area contributed by atoms with Crippen molar-refractivity contribution in [3.05, 3.63) is 71.0 Å². The summed E-state index contributed by atoms with van der Waals surface area (Å²) >= 11 is 1.55. The molecule has 4 nitrogen and oxygen atoms in total. The number of hydrogen-bond acceptors (Lipinski definition) is 3. The minimum Gasteiger partial charge on any atom is -0.352 e. The van der Waals surface area contributed by atoms with Gasteiger partial charge in [-0.15, -0.1) is 11.8 Å². The van der Waals surface area contributed by atoms with E-state index in [1.807, 2.05) is 12.1 Å². The molecule has 0 radical (unpaired) electrons. The van der Waals surface area contributed by atoms with Gasteiger partial charge in [0.2, 0.25) is 11.8 Å². The normalized spacial score (nSPS) is 15.2. The largest absolute Gasteiger partial charge is 0.352 e. The fourth-order valence-corrected chi connectivity index (χ4v) is 5.03. The van der Waals surface area contributed by atoms with E-state index in [4.69, 9.17) is 0 Å². The van der Waals surface area contributed by atoms with Crippen molar-refractivity contribution >= 4 is 23.6 Å². The van der Waals surface area contributed by atoms with E-state index in [1.54, 1.807) is 35.7 Å². The van der Waals surface area contributed by atoms with Crippen LogP contribution in [0.2, 0.25) is 0 Å². The monoisotopic (exact) mass is 456 g/mol. The summed E-state index contributed by atoms with van der Waals surface area (Å²) in [5.74, 6) is 0.515. The molecule has 0 aliphatic heterocycles. The highest BCUT2D eigenvalue weighted by Crippen LogP contribution is 2.20. The molecule has 0 saturated heterocycles. The van der Waals surface area contributed by atoms with Gasteiger partial charge >= 0.3 is 0 Å². The Morgan fingerprint density at radius 3 is 2.47 bits per heavy atom. The summed E-state index contributed by atoms with van der Waals surface area (Å²) in [7, 11) is 0. The third-order valence-electron chi connectivity index (χ3n) is 6.13. The first-order valence-electron chi connectivity index (χ1n) is 11.4. The molecule has 32 heavy (non-hydrogen) atoms. The third-order valence-corrected chi connectivity index (χ3v) is 7.10. The first-order valence-corrected chi connectivity index (χ1v) is 12.6. The molecule has 0 heterocycles. The summed E-state index contributed by atoms with van der Waals surface area (Å²) in [6.45, 7) is 4.13. The highest BCUT2D eigenvalue weighted by molar-refractivity contribution is 7.99. The Hall–Kier alpha value is -2.34. The number of nitrogens with zero attached hydrogens (tertiary/aromatic N) is 1. The first kappa shape index (κ1) is 24.3. The van der Waals surface area contributed by atoms with Crippen molar-refractivity contribution in [3.8, 4) is 0 Å². The minimum absolute atomic E-state index is 0.0841. The smallest absolute Gasteiger partial charge is 0.242 e. The van der Waals surface area contributed by atoms with Gasteiger partial charge in [-0.25, -0.2) is 4.39 Å². The Balaban J connectivity index is 1.65. The molecule has 0 bridgehead atoms. The van der Waals surface area contributed by atoms with E-state index >= 15 is 0 Å². The molecule has 6 heteroatoms. The fourth-order valence-electron chi connectivity index (χ4n) is 4.04. The maximum Gasteiger partial charge on any atom is 0.242 e.